The summed E-state index contributed by atoms with van der Waals surface area (Å²) in [5.41, 5.74) is 2.75. The van der Waals surface area contributed by atoms with Gasteiger partial charge in [0.05, 0.1) is 0 Å². The Morgan fingerprint density at radius 1 is 0.846 bits per heavy atom. The first-order valence-corrected chi connectivity index (χ1v) is 9.74. The summed E-state index contributed by atoms with van der Waals surface area (Å²) in [4.78, 5) is 2.25. The first-order valence-electron chi connectivity index (χ1n) is 9.74. The molecular formula is C24H27NO. The summed E-state index contributed by atoms with van der Waals surface area (Å²) in [6, 6.07) is 25.9. The Balaban J connectivity index is 1.30. The fraction of sp³-hybridized carbons (Fsp3) is 0.333. The highest BCUT2D eigenvalue weighted by Crippen LogP contribution is 2.29. The average Bonchev–Trinajstić information content (AvgIpc) is 2.72. The normalized spacial score (nSPS) is 17.4. The summed E-state index contributed by atoms with van der Waals surface area (Å²) in [7, 11) is 0. The Morgan fingerprint density at radius 3 is 2.31 bits per heavy atom. The van der Waals surface area contributed by atoms with Crippen LogP contribution in [0.25, 0.3) is 10.8 Å². The molecular weight excluding hydrogens is 318 g/mol. The van der Waals surface area contributed by atoms with E-state index in [9.17, 15) is 5.11 Å². The number of aliphatic hydroxyl groups is 1. The highest BCUT2D eigenvalue weighted by Gasteiger charge is 2.24. The summed E-state index contributed by atoms with van der Waals surface area (Å²) in [5, 5.41) is 13.2. The van der Waals surface area contributed by atoms with Crippen molar-refractivity contribution in [1.82, 2.24) is 4.90 Å². The van der Waals surface area contributed by atoms with Crippen molar-refractivity contribution in [3.05, 3.63) is 83.9 Å². The lowest BCUT2D eigenvalue weighted by atomic mass is 9.89. The van der Waals surface area contributed by atoms with Crippen LogP contribution in [0.1, 0.15) is 36.3 Å². The largest absolute Gasteiger partial charge is 0.378 e. The van der Waals surface area contributed by atoms with E-state index in [4.69, 9.17) is 0 Å². The summed E-state index contributed by atoms with van der Waals surface area (Å²) >= 11 is 0. The van der Waals surface area contributed by atoms with Crippen LogP contribution in [0, 0.1) is 0 Å². The van der Waals surface area contributed by atoms with Crippen LogP contribution < -0.4 is 0 Å². The van der Waals surface area contributed by atoms with Crippen molar-refractivity contribution in [2.24, 2.45) is 0 Å². The van der Waals surface area contributed by atoms with Crippen molar-refractivity contribution >= 4 is 10.8 Å². The average molecular weight is 345 g/mol. The summed E-state index contributed by atoms with van der Waals surface area (Å²) in [5.74, 6) is 0.639. The second kappa shape index (κ2) is 8.03. The van der Waals surface area contributed by atoms with Crippen LogP contribution in [-0.2, 0) is 6.42 Å². The third-order valence-corrected chi connectivity index (χ3v) is 5.73. The minimum atomic E-state index is -0.335. The molecule has 1 aliphatic rings. The predicted molar refractivity (Wildman–Crippen MR) is 108 cm³/mol. The van der Waals surface area contributed by atoms with E-state index in [1.165, 1.54) is 21.9 Å². The fourth-order valence-corrected chi connectivity index (χ4v) is 4.13. The molecule has 4 rings (SSSR count). The van der Waals surface area contributed by atoms with E-state index in [-0.39, 0.29) is 6.23 Å². The lowest BCUT2D eigenvalue weighted by Crippen LogP contribution is -2.41. The van der Waals surface area contributed by atoms with Gasteiger partial charge in [0.2, 0.25) is 0 Å². The number of benzene rings is 3. The lowest BCUT2D eigenvalue weighted by molar-refractivity contribution is -0.0161. The molecule has 1 aliphatic heterocycles. The van der Waals surface area contributed by atoms with Crippen LogP contribution in [0.3, 0.4) is 0 Å². The molecule has 1 atom stereocenters. The number of aryl methyl sites for hydroxylation is 1. The quantitative estimate of drug-likeness (QED) is 0.706. The molecule has 1 saturated heterocycles. The van der Waals surface area contributed by atoms with Crippen LogP contribution in [-0.4, -0.2) is 29.3 Å². The van der Waals surface area contributed by atoms with Crippen LogP contribution >= 0.6 is 0 Å². The Kier molecular flexibility index (Phi) is 5.33. The van der Waals surface area contributed by atoms with Crippen molar-refractivity contribution in [3.8, 4) is 0 Å². The Labute approximate surface area is 156 Å². The van der Waals surface area contributed by atoms with E-state index in [0.29, 0.717) is 5.92 Å². The lowest BCUT2D eigenvalue weighted by Gasteiger charge is -2.35. The number of aliphatic hydroxyl groups excluding tert-OH is 1. The molecule has 0 radical (unpaired) electrons. The number of hydrogen-bond acceptors (Lipinski definition) is 2. The number of rotatable bonds is 5. The van der Waals surface area contributed by atoms with Crippen molar-refractivity contribution in [1.29, 1.82) is 0 Å². The summed E-state index contributed by atoms with van der Waals surface area (Å²) < 4.78 is 0. The molecule has 134 valence electrons. The highest BCUT2D eigenvalue weighted by molar-refractivity contribution is 5.82. The Morgan fingerprint density at radius 2 is 1.54 bits per heavy atom. The maximum atomic E-state index is 10.6. The second-order valence-electron chi connectivity index (χ2n) is 7.42. The molecule has 1 fully saturated rings. The molecule has 3 aromatic rings. The van der Waals surface area contributed by atoms with Gasteiger partial charge in [-0.15, -0.1) is 0 Å². The van der Waals surface area contributed by atoms with Gasteiger partial charge in [0.1, 0.15) is 6.23 Å². The van der Waals surface area contributed by atoms with Gasteiger partial charge in [0.25, 0.3) is 0 Å². The fourth-order valence-electron chi connectivity index (χ4n) is 4.13. The van der Waals surface area contributed by atoms with Gasteiger partial charge in [-0.3, -0.25) is 4.90 Å². The van der Waals surface area contributed by atoms with Gasteiger partial charge in [-0.1, -0.05) is 72.8 Å². The Hall–Kier alpha value is -2.16. The molecule has 0 aliphatic carbocycles. The van der Waals surface area contributed by atoms with E-state index in [1.807, 2.05) is 0 Å². The predicted octanol–water partition coefficient (Wildman–Crippen LogP) is 4.97. The number of hydrogen-bond donors (Lipinski definition) is 1. The maximum absolute atomic E-state index is 10.6. The van der Waals surface area contributed by atoms with Crippen LogP contribution in [0.4, 0.5) is 0 Å². The molecule has 0 amide bonds. The van der Waals surface area contributed by atoms with E-state index >= 15 is 0 Å². The first-order chi connectivity index (χ1) is 12.8. The molecule has 1 heterocycles. The molecule has 0 bridgehead atoms. The zero-order valence-electron chi connectivity index (χ0n) is 15.2. The standard InChI is InChI=1S/C24H27NO/c26-24(13-11-19-10-12-21-8-4-5-9-23(21)18-19)25-16-14-22(15-17-25)20-6-2-1-3-7-20/h1-10,12,18,22,24,26H,11,13-17H2. The molecule has 1 N–H and O–H groups in total. The van der Waals surface area contributed by atoms with E-state index in [2.05, 4.69) is 77.7 Å². The molecule has 0 aromatic heterocycles. The van der Waals surface area contributed by atoms with Gasteiger partial charge in [-0.25, -0.2) is 0 Å². The number of piperidine rings is 1. The van der Waals surface area contributed by atoms with E-state index < -0.39 is 0 Å². The number of fused-ring (bicyclic) bond motifs is 1. The van der Waals surface area contributed by atoms with Crippen LogP contribution in [0.15, 0.2) is 72.8 Å². The van der Waals surface area contributed by atoms with Crippen molar-refractivity contribution in [2.45, 2.75) is 37.8 Å². The van der Waals surface area contributed by atoms with Gasteiger partial charge in [0, 0.05) is 13.1 Å². The number of likely N-dealkylation sites (tertiary alicyclic amines) is 1. The summed E-state index contributed by atoms with van der Waals surface area (Å²) in [6.45, 7) is 1.97. The zero-order chi connectivity index (χ0) is 17.8. The molecule has 2 heteroatoms. The third-order valence-electron chi connectivity index (χ3n) is 5.73. The van der Waals surface area contributed by atoms with Crippen LogP contribution in [0.5, 0.6) is 0 Å². The zero-order valence-corrected chi connectivity index (χ0v) is 15.2. The molecule has 3 aromatic carbocycles. The van der Waals surface area contributed by atoms with Gasteiger partial charge in [-0.05, 0) is 53.5 Å². The molecule has 26 heavy (non-hydrogen) atoms. The third kappa shape index (κ3) is 3.98. The smallest absolute Gasteiger partial charge is 0.107 e. The van der Waals surface area contributed by atoms with Gasteiger partial charge < -0.3 is 5.11 Å². The minimum absolute atomic E-state index is 0.335. The SMILES string of the molecule is OC(CCc1ccc2ccccc2c1)N1CCC(c2ccccc2)CC1. The van der Waals surface area contributed by atoms with E-state index in [1.54, 1.807) is 0 Å². The molecule has 0 spiro atoms. The van der Waals surface area contributed by atoms with Crippen molar-refractivity contribution < 1.29 is 5.11 Å². The second-order valence-corrected chi connectivity index (χ2v) is 7.42. The van der Waals surface area contributed by atoms with E-state index in [0.717, 1.165) is 38.8 Å². The van der Waals surface area contributed by atoms with Gasteiger partial charge in [-0.2, -0.15) is 0 Å². The first kappa shape index (κ1) is 17.3. The maximum Gasteiger partial charge on any atom is 0.107 e. The van der Waals surface area contributed by atoms with Gasteiger partial charge >= 0.3 is 0 Å². The monoisotopic (exact) mass is 345 g/mol. The minimum Gasteiger partial charge on any atom is -0.378 e. The number of nitrogens with zero attached hydrogens (tertiary/aromatic N) is 1. The van der Waals surface area contributed by atoms with Crippen molar-refractivity contribution in [3.63, 3.8) is 0 Å². The highest BCUT2D eigenvalue weighted by atomic mass is 16.3. The molecule has 0 saturated carbocycles. The van der Waals surface area contributed by atoms with Crippen molar-refractivity contribution in [2.75, 3.05) is 13.1 Å². The van der Waals surface area contributed by atoms with Crippen LogP contribution in [0.2, 0.25) is 0 Å². The molecule has 1 unspecified atom stereocenters. The van der Waals surface area contributed by atoms with Gasteiger partial charge in [0.15, 0.2) is 0 Å². The molecule has 2 nitrogen and oxygen atoms in total. The topological polar surface area (TPSA) is 23.5 Å². The Bertz CT molecular complexity index is 837. The summed E-state index contributed by atoms with van der Waals surface area (Å²) in [6.07, 6.45) is 3.66.